The lowest BCUT2D eigenvalue weighted by Gasteiger charge is -2.21. The minimum atomic E-state index is -0.275. The normalized spacial score (nSPS) is 12.1. The molecule has 0 fully saturated rings. The van der Waals surface area contributed by atoms with Crippen molar-refractivity contribution in [2.24, 2.45) is 5.92 Å². The molecule has 1 atom stereocenters. The van der Waals surface area contributed by atoms with Crippen LogP contribution in [0.4, 0.5) is 5.00 Å². The highest BCUT2D eigenvalue weighted by Gasteiger charge is 2.18. The van der Waals surface area contributed by atoms with Gasteiger partial charge >= 0.3 is 0 Å². The highest BCUT2D eigenvalue weighted by molar-refractivity contribution is 7.96. The number of nitrogens with zero attached hydrogens (tertiary/aromatic N) is 1. The summed E-state index contributed by atoms with van der Waals surface area (Å²) in [7, 11) is 1.88. The minimum absolute atomic E-state index is 0. The number of carbonyl (C=O) groups is 1. The summed E-state index contributed by atoms with van der Waals surface area (Å²) >= 11 is 8.48. The van der Waals surface area contributed by atoms with Crippen LogP contribution >= 0.6 is 48.7 Å². The van der Waals surface area contributed by atoms with E-state index in [9.17, 15) is 4.79 Å². The van der Waals surface area contributed by atoms with Crippen LogP contribution in [-0.4, -0.2) is 19.4 Å². The Labute approximate surface area is 140 Å². The third kappa shape index (κ3) is 6.24. The first-order valence-corrected chi connectivity index (χ1v) is 8.05. The molecule has 0 aromatic carbocycles. The first-order valence-electron chi connectivity index (χ1n) is 6.15. The molecule has 0 aliphatic heterocycles. The zero-order chi connectivity index (χ0) is 14.3. The number of hydrogen-bond acceptors (Lipinski definition) is 6. The average molecular weight is 357 g/mol. The van der Waals surface area contributed by atoms with Crippen LogP contribution in [0.2, 0.25) is 4.34 Å². The molecular formula is C12H21ClN2O2S3. The van der Waals surface area contributed by atoms with Crippen molar-refractivity contribution < 1.29 is 9.08 Å². The van der Waals surface area contributed by atoms with Crippen LogP contribution in [0.5, 0.6) is 0 Å². The second kappa shape index (κ2) is 10.8. The third-order valence-corrected chi connectivity index (χ3v) is 4.92. The van der Waals surface area contributed by atoms with Gasteiger partial charge in [-0.2, -0.15) is 19.0 Å². The van der Waals surface area contributed by atoms with Crippen molar-refractivity contribution in [2.75, 3.05) is 11.4 Å². The van der Waals surface area contributed by atoms with Gasteiger partial charge in [0.15, 0.2) is 0 Å². The predicted octanol–water partition coefficient (Wildman–Crippen LogP) is 4.04. The maximum absolute atomic E-state index is 11.0. The van der Waals surface area contributed by atoms with E-state index in [0.717, 1.165) is 40.7 Å². The highest BCUT2D eigenvalue weighted by atomic mass is 35.5. The van der Waals surface area contributed by atoms with E-state index in [0.29, 0.717) is 5.92 Å². The highest BCUT2D eigenvalue weighted by Crippen LogP contribution is 2.32. The average Bonchev–Trinajstić information content (AvgIpc) is 2.84. The van der Waals surface area contributed by atoms with Gasteiger partial charge < -0.3 is 4.79 Å². The zero-order valence-corrected chi connectivity index (χ0v) is 15.1. The molecule has 20 heavy (non-hydrogen) atoms. The number of rotatable bonds is 9. The fourth-order valence-corrected chi connectivity index (χ4v) is 3.18. The molecule has 4 nitrogen and oxygen atoms in total. The van der Waals surface area contributed by atoms with Gasteiger partial charge in [0.05, 0.1) is 10.4 Å². The summed E-state index contributed by atoms with van der Waals surface area (Å²) in [5, 5.41) is 0.988. The summed E-state index contributed by atoms with van der Waals surface area (Å²) < 4.78 is 7.90. The Bertz CT molecular complexity index is 389. The van der Waals surface area contributed by atoms with E-state index in [4.69, 9.17) is 15.9 Å². The molecule has 0 aliphatic rings. The molecule has 0 saturated heterocycles. The van der Waals surface area contributed by atoms with Crippen molar-refractivity contribution >= 4 is 59.9 Å². The first kappa shape index (κ1) is 20.1. The summed E-state index contributed by atoms with van der Waals surface area (Å²) in [5.41, 5.74) is 2.80. The molecule has 1 rings (SSSR count). The van der Waals surface area contributed by atoms with E-state index in [1.807, 2.05) is 23.5 Å². The molecule has 0 bridgehead atoms. The minimum Gasteiger partial charge on any atom is -0.302 e. The molecular weight excluding hydrogens is 336 g/mol. The number of hydroxylamine groups is 1. The van der Waals surface area contributed by atoms with Gasteiger partial charge in [0.2, 0.25) is 0 Å². The van der Waals surface area contributed by atoms with Crippen LogP contribution in [0.25, 0.3) is 0 Å². The molecule has 0 amide bonds. The number of halogens is 1. The van der Waals surface area contributed by atoms with Gasteiger partial charge in [0, 0.05) is 7.05 Å². The molecule has 0 aliphatic carbocycles. The monoisotopic (exact) mass is 356 g/mol. The first-order chi connectivity index (χ1) is 9.12. The van der Waals surface area contributed by atoms with Gasteiger partial charge in [-0.05, 0) is 18.1 Å². The van der Waals surface area contributed by atoms with Gasteiger partial charge in [0.1, 0.15) is 23.5 Å². The topological polar surface area (TPSA) is 41.6 Å². The van der Waals surface area contributed by atoms with E-state index in [1.54, 1.807) is 0 Å². The van der Waals surface area contributed by atoms with Gasteiger partial charge in [-0.1, -0.05) is 38.3 Å². The lowest BCUT2D eigenvalue weighted by Crippen LogP contribution is -2.36. The number of anilines is 1. The fraction of sp³-hybridized carbons (Fsp3) is 0.583. The number of hydrogen-bond donors (Lipinski definition) is 1. The van der Waals surface area contributed by atoms with Crippen molar-refractivity contribution in [3.63, 3.8) is 0 Å². The molecule has 1 heterocycles. The quantitative estimate of drug-likeness (QED) is 0.313. The van der Waals surface area contributed by atoms with Crippen molar-refractivity contribution in [3.05, 3.63) is 16.5 Å². The van der Waals surface area contributed by atoms with Gasteiger partial charge in [-0.25, -0.2) is 4.28 Å². The number of carbonyl (C=O) groups excluding carboxylic acids is 1. The summed E-state index contributed by atoms with van der Waals surface area (Å²) in [6, 6.07) is 3.48. The summed E-state index contributed by atoms with van der Waals surface area (Å²) in [5.74, 6) is 0.291. The number of aldehydes is 1. The number of thiophene rings is 1. The predicted molar refractivity (Wildman–Crippen MR) is 93.8 cm³/mol. The summed E-state index contributed by atoms with van der Waals surface area (Å²) in [4.78, 5) is 11.0. The molecule has 1 aromatic heterocycles. The van der Waals surface area contributed by atoms with Gasteiger partial charge in [-0.3, -0.25) is 4.31 Å². The van der Waals surface area contributed by atoms with E-state index in [-0.39, 0.29) is 19.5 Å². The Hall–Kier alpha value is 0.0800. The van der Waals surface area contributed by atoms with Crippen LogP contribution < -0.4 is 9.79 Å². The van der Waals surface area contributed by atoms with Crippen LogP contribution in [-0.2, 0) is 9.08 Å². The maximum atomic E-state index is 11.0. The summed E-state index contributed by atoms with van der Waals surface area (Å²) in [6.07, 6.45) is 2.79. The fourth-order valence-electron chi connectivity index (χ4n) is 1.68. The van der Waals surface area contributed by atoms with Crippen LogP contribution in [0.3, 0.4) is 0 Å². The third-order valence-electron chi connectivity index (χ3n) is 2.91. The molecule has 116 valence electrons. The molecule has 0 spiro atoms. The van der Waals surface area contributed by atoms with Crippen molar-refractivity contribution in [2.45, 2.75) is 32.7 Å². The van der Waals surface area contributed by atoms with E-state index in [1.165, 1.54) is 11.3 Å². The molecule has 0 radical (unpaired) electrons. The van der Waals surface area contributed by atoms with Gasteiger partial charge in [0.25, 0.3) is 0 Å². The van der Waals surface area contributed by atoms with Crippen molar-refractivity contribution in [1.29, 1.82) is 0 Å². The molecule has 0 saturated carbocycles. The van der Waals surface area contributed by atoms with Crippen molar-refractivity contribution in [3.8, 4) is 0 Å². The zero-order valence-electron chi connectivity index (χ0n) is 11.8. The Morgan fingerprint density at radius 3 is 2.60 bits per heavy atom. The van der Waals surface area contributed by atoms with Crippen LogP contribution in [0.15, 0.2) is 12.1 Å². The van der Waals surface area contributed by atoms with Crippen molar-refractivity contribution in [1.82, 2.24) is 5.48 Å². The van der Waals surface area contributed by atoms with Gasteiger partial charge in [-0.15, -0.1) is 11.3 Å². The Morgan fingerprint density at radius 2 is 2.15 bits per heavy atom. The van der Waals surface area contributed by atoms with E-state index in [2.05, 4.69) is 19.3 Å². The smallest absolute Gasteiger partial charge is 0.139 e. The Balaban J connectivity index is 0.00000361. The SMILES string of the molecule is CCC(CC)C(C=O)NOSN(C)c1ccc(Cl)s1.S. The Kier molecular flexibility index (Phi) is 10.8. The lowest BCUT2D eigenvalue weighted by atomic mass is 9.96. The second-order valence-corrected chi connectivity index (χ2v) is 6.65. The van der Waals surface area contributed by atoms with E-state index >= 15 is 0 Å². The maximum Gasteiger partial charge on any atom is 0.139 e. The molecule has 1 aromatic rings. The van der Waals surface area contributed by atoms with Crippen LogP contribution in [0.1, 0.15) is 26.7 Å². The Morgan fingerprint density at radius 1 is 1.50 bits per heavy atom. The summed E-state index contributed by atoms with van der Waals surface area (Å²) in [6.45, 7) is 4.14. The number of nitrogens with one attached hydrogen (secondary N) is 1. The lowest BCUT2D eigenvalue weighted by molar-refractivity contribution is -0.112. The molecule has 1 N–H and O–H groups in total. The largest absolute Gasteiger partial charge is 0.302 e. The standard InChI is InChI=1S/C12H19ClN2O2S2.H2S/c1-4-9(5-2)10(8-16)14-17-19-15(3)12-7-6-11(13)18-12;/h6-10,14H,4-5H2,1-3H3;1H2. The van der Waals surface area contributed by atoms with Crippen LogP contribution in [0, 0.1) is 5.92 Å². The molecule has 8 heteroatoms. The van der Waals surface area contributed by atoms with E-state index < -0.39 is 0 Å². The second-order valence-electron chi connectivity index (χ2n) is 4.09. The molecule has 1 unspecified atom stereocenters.